The summed E-state index contributed by atoms with van der Waals surface area (Å²) in [5.74, 6) is -1.13. The molecule has 164 valence electrons. The number of benzene rings is 1. The van der Waals surface area contributed by atoms with Gasteiger partial charge in [-0.1, -0.05) is 11.6 Å². The average molecular weight is 484 g/mol. The number of imidazole rings is 1. The Kier molecular flexibility index (Phi) is 5.88. The van der Waals surface area contributed by atoms with Crippen LogP contribution >= 0.6 is 22.9 Å². The molecular formula is C19H19ClFN5O3S2. The predicted octanol–water partition coefficient (Wildman–Crippen LogP) is 3.16. The zero-order chi connectivity index (χ0) is 22.3. The molecule has 0 bridgehead atoms. The van der Waals surface area contributed by atoms with Crippen molar-refractivity contribution in [3.63, 3.8) is 0 Å². The molecule has 1 aromatic carbocycles. The third-order valence-corrected chi connectivity index (χ3v) is 7.95. The van der Waals surface area contributed by atoms with Gasteiger partial charge in [0.1, 0.15) is 11.9 Å². The number of carbonyl (C=O) groups excluding carboxylic acids is 1. The lowest BCUT2D eigenvalue weighted by Crippen LogP contribution is -2.55. The summed E-state index contributed by atoms with van der Waals surface area (Å²) in [6.07, 6.45) is 3.78. The van der Waals surface area contributed by atoms with Crippen LogP contribution in [0.1, 0.15) is 17.3 Å². The van der Waals surface area contributed by atoms with Crippen molar-refractivity contribution in [1.29, 1.82) is 0 Å². The molecule has 12 heteroatoms. The monoisotopic (exact) mass is 483 g/mol. The molecule has 1 amide bonds. The van der Waals surface area contributed by atoms with Crippen LogP contribution in [0.2, 0.25) is 5.02 Å². The second-order valence-electron chi connectivity index (χ2n) is 7.22. The molecule has 3 aromatic rings. The number of nitrogens with one attached hydrogen (secondary N) is 2. The van der Waals surface area contributed by atoms with Crippen LogP contribution < -0.4 is 10.0 Å². The Bertz CT molecular complexity index is 1240. The highest BCUT2D eigenvalue weighted by Crippen LogP contribution is 2.34. The summed E-state index contributed by atoms with van der Waals surface area (Å²) >= 11 is 7.16. The Morgan fingerprint density at radius 1 is 1.35 bits per heavy atom. The zero-order valence-corrected chi connectivity index (χ0v) is 18.9. The minimum absolute atomic E-state index is 0.136. The number of halogens is 2. The Balaban J connectivity index is 1.57. The van der Waals surface area contributed by atoms with Crippen LogP contribution in [0.3, 0.4) is 0 Å². The standard InChI is InChI=1S/C19H19ClFN5O3S2/c1-25-8-16(22-10-25)11-5-18(30-9-11)15-7-17(26(2)31(28,29)24-15)19(27)23-12-3-4-14(21)13(20)6-12/h3-6,8-10,15,17,24H,7H2,1-2H3,(H,23,27)/t15-,17+/m0/s1. The lowest BCUT2D eigenvalue weighted by atomic mass is 10.0. The van der Waals surface area contributed by atoms with Gasteiger partial charge in [-0.25, -0.2) is 9.37 Å². The fourth-order valence-electron chi connectivity index (χ4n) is 3.33. The summed E-state index contributed by atoms with van der Waals surface area (Å²) in [6, 6.07) is 4.12. The van der Waals surface area contributed by atoms with Crippen LogP contribution in [0.25, 0.3) is 11.3 Å². The number of aryl methyl sites for hydroxylation is 1. The molecule has 4 rings (SSSR count). The van der Waals surface area contributed by atoms with Crippen LogP contribution in [-0.2, 0) is 22.1 Å². The number of nitrogens with zero attached hydrogens (tertiary/aromatic N) is 3. The Morgan fingerprint density at radius 2 is 2.13 bits per heavy atom. The molecule has 2 atom stereocenters. The summed E-state index contributed by atoms with van der Waals surface area (Å²) < 4.78 is 44.2. The highest BCUT2D eigenvalue weighted by molar-refractivity contribution is 7.87. The largest absolute Gasteiger partial charge is 0.340 e. The molecule has 0 saturated carbocycles. The number of carbonyl (C=O) groups is 1. The molecule has 8 nitrogen and oxygen atoms in total. The number of hydrogen-bond acceptors (Lipinski definition) is 5. The van der Waals surface area contributed by atoms with E-state index < -0.39 is 34.0 Å². The number of anilines is 1. The number of likely N-dealkylation sites (N-methyl/N-ethyl adjacent to an activating group) is 1. The van der Waals surface area contributed by atoms with Crippen molar-refractivity contribution < 1.29 is 17.6 Å². The average Bonchev–Trinajstić information content (AvgIpc) is 3.35. The minimum Gasteiger partial charge on any atom is -0.340 e. The molecular weight excluding hydrogens is 465 g/mol. The van der Waals surface area contributed by atoms with Gasteiger partial charge in [-0.3, -0.25) is 4.79 Å². The maximum absolute atomic E-state index is 13.4. The van der Waals surface area contributed by atoms with E-state index in [9.17, 15) is 17.6 Å². The van der Waals surface area contributed by atoms with Gasteiger partial charge in [0.25, 0.3) is 10.2 Å². The highest BCUT2D eigenvalue weighted by Gasteiger charge is 2.41. The van der Waals surface area contributed by atoms with Gasteiger partial charge in [-0.05, 0) is 30.7 Å². The summed E-state index contributed by atoms with van der Waals surface area (Å²) in [5.41, 5.74) is 1.94. The van der Waals surface area contributed by atoms with Gasteiger partial charge in [0.2, 0.25) is 5.91 Å². The predicted molar refractivity (Wildman–Crippen MR) is 118 cm³/mol. The van der Waals surface area contributed by atoms with E-state index in [2.05, 4.69) is 15.0 Å². The Hall–Kier alpha value is -2.31. The molecule has 1 fully saturated rings. The van der Waals surface area contributed by atoms with Crippen LogP contribution in [-0.4, -0.2) is 41.3 Å². The van der Waals surface area contributed by atoms with Crippen LogP contribution in [0.5, 0.6) is 0 Å². The van der Waals surface area contributed by atoms with Gasteiger partial charge < -0.3 is 9.88 Å². The van der Waals surface area contributed by atoms with Gasteiger partial charge in [0, 0.05) is 41.8 Å². The molecule has 0 aliphatic carbocycles. The first-order valence-corrected chi connectivity index (χ1v) is 11.9. The third-order valence-electron chi connectivity index (χ3n) is 5.02. The number of rotatable bonds is 4. The molecule has 0 unspecified atom stereocenters. The van der Waals surface area contributed by atoms with E-state index >= 15 is 0 Å². The molecule has 1 saturated heterocycles. The number of amides is 1. The molecule has 3 heterocycles. The van der Waals surface area contributed by atoms with Crippen LogP contribution in [0, 0.1) is 5.82 Å². The lowest BCUT2D eigenvalue weighted by Gasteiger charge is -2.35. The first-order chi connectivity index (χ1) is 14.6. The fraction of sp³-hybridized carbons (Fsp3) is 0.263. The Morgan fingerprint density at radius 3 is 2.81 bits per heavy atom. The highest BCUT2D eigenvalue weighted by atomic mass is 35.5. The maximum atomic E-state index is 13.4. The molecule has 2 N–H and O–H groups in total. The van der Waals surface area contributed by atoms with Crippen molar-refractivity contribution in [1.82, 2.24) is 18.6 Å². The van der Waals surface area contributed by atoms with Crippen LogP contribution in [0.15, 0.2) is 42.2 Å². The van der Waals surface area contributed by atoms with E-state index in [-0.39, 0.29) is 17.1 Å². The quantitative estimate of drug-likeness (QED) is 0.595. The molecule has 1 aliphatic rings. The van der Waals surface area contributed by atoms with E-state index in [0.29, 0.717) is 0 Å². The van der Waals surface area contributed by atoms with E-state index in [4.69, 9.17) is 11.6 Å². The first-order valence-electron chi connectivity index (χ1n) is 9.22. The Labute approximate surface area is 187 Å². The van der Waals surface area contributed by atoms with Crippen molar-refractivity contribution in [3.05, 3.63) is 57.9 Å². The topological polar surface area (TPSA) is 96.3 Å². The normalized spacial score (nSPS) is 21.2. The first kappa shape index (κ1) is 21.9. The molecule has 0 radical (unpaired) electrons. The minimum atomic E-state index is -3.89. The second kappa shape index (κ2) is 8.32. The molecule has 31 heavy (non-hydrogen) atoms. The third kappa shape index (κ3) is 4.51. The number of aromatic nitrogens is 2. The summed E-state index contributed by atoms with van der Waals surface area (Å²) in [4.78, 5) is 18.0. The van der Waals surface area contributed by atoms with E-state index in [1.807, 2.05) is 29.3 Å². The van der Waals surface area contributed by atoms with Crippen LogP contribution in [0.4, 0.5) is 10.1 Å². The molecule has 1 aliphatic heterocycles. The van der Waals surface area contributed by atoms with Gasteiger partial charge in [0.15, 0.2) is 0 Å². The van der Waals surface area contributed by atoms with Crippen molar-refractivity contribution in [3.8, 4) is 11.3 Å². The van der Waals surface area contributed by atoms with Crippen molar-refractivity contribution in [2.24, 2.45) is 7.05 Å². The van der Waals surface area contributed by atoms with Gasteiger partial charge in [-0.2, -0.15) is 17.4 Å². The fourth-order valence-corrected chi connectivity index (χ4v) is 5.82. The van der Waals surface area contributed by atoms with Crippen molar-refractivity contribution >= 4 is 44.7 Å². The molecule has 2 aromatic heterocycles. The smallest absolute Gasteiger partial charge is 0.280 e. The van der Waals surface area contributed by atoms with E-state index in [0.717, 1.165) is 26.5 Å². The summed E-state index contributed by atoms with van der Waals surface area (Å²) in [6.45, 7) is 0. The van der Waals surface area contributed by atoms with Gasteiger partial charge >= 0.3 is 0 Å². The summed E-state index contributed by atoms with van der Waals surface area (Å²) in [5, 5.41) is 4.39. The molecule has 0 spiro atoms. The van der Waals surface area contributed by atoms with Gasteiger partial charge in [-0.15, -0.1) is 11.3 Å². The summed E-state index contributed by atoms with van der Waals surface area (Å²) in [7, 11) is -0.679. The van der Waals surface area contributed by atoms with E-state index in [1.165, 1.54) is 30.5 Å². The zero-order valence-electron chi connectivity index (χ0n) is 16.5. The number of hydrogen-bond donors (Lipinski definition) is 2. The second-order valence-corrected chi connectivity index (χ2v) is 10.3. The van der Waals surface area contributed by atoms with Gasteiger partial charge in [0.05, 0.1) is 23.1 Å². The van der Waals surface area contributed by atoms with Crippen molar-refractivity contribution in [2.45, 2.75) is 18.5 Å². The van der Waals surface area contributed by atoms with E-state index in [1.54, 1.807) is 6.33 Å². The van der Waals surface area contributed by atoms with Crippen molar-refractivity contribution in [2.75, 3.05) is 12.4 Å². The maximum Gasteiger partial charge on any atom is 0.280 e. The SMILES string of the molecule is CN1[C@@H](C(=O)Nc2ccc(F)c(Cl)c2)C[C@@H](c2cc(-c3cn(C)cn3)cs2)NS1(=O)=O. The lowest BCUT2D eigenvalue weighted by molar-refractivity contribution is -0.120. The number of thiophene rings is 1.